The van der Waals surface area contributed by atoms with Gasteiger partial charge >= 0.3 is 0 Å². The Kier molecular flexibility index (Phi) is 7.35. The third-order valence-electron chi connectivity index (χ3n) is 5.65. The Morgan fingerprint density at radius 2 is 1.97 bits per heavy atom. The minimum atomic E-state index is -3.72. The van der Waals surface area contributed by atoms with Gasteiger partial charge in [-0.15, -0.1) is 4.83 Å². The van der Waals surface area contributed by atoms with Crippen LogP contribution in [0.1, 0.15) is 31.2 Å². The van der Waals surface area contributed by atoms with E-state index >= 15 is 0 Å². The molecule has 0 bridgehead atoms. The molecule has 1 aliphatic heterocycles. The lowest BCUT2D eigenvalue weighted by atomic mass is 10.1. The molecule has 2 heterocycles. The molecule has 7 nitrogen and oxygen atoms in total. The van der Waals surface area contributed by atoms with Crippen LogP contribution in [0.15, 0.2) is 77.8 Å². The smallest absolute Gasteiger partial charge is 0.253 e. The predicted octanol–water partition coefficient (Wildman–Crippen LogP) is 4.14. The van der Waals surface area contributed by atoms with Gasteiger partial charge in [0.25, 0.3) is 10.0 Å². The Morgan fingerprint density at radius 1 is 1.12 bits per heavy atom. The molecule has 1 aliphatic rings. The Morgan fingerprint density at radius 3 is 2.73 bits per heavy atom. The van der Waals surface area contributed by atoms with E-state index in [9.17, 15) is 8.42 Å². The van der Waals surface area contributed by atoms with E-state index in [0.29, 0.717) is 18.7 Å². The number of ether oxygens (including phenoxy) is 1. The monoisotopic (exact) mass is 462 g/mol. The summed E-state index contributed by atoms with van der Waals surface area (Å²) in [5.41, 5.74) is 2.28. The zero-order valence-corrected chi connectivity index (χ0v) is 19.0. The number of benzene rings is 2. The Bertz CT molecular complexity index is 1210. The number of nitrogens with one attached hydrogen (secondary N) is 1. The van der Waals surface area contributed by atoms with E-state index in [-0.39, 0.29) is 10.9 Å². The van der Waals surface area contributed by atoms with Crippen LogP contribution in [0, 0.1) is 11.3 Å². The SMILES string of the molecule is N#Cc1cccc(S(=O)(=O)NN2CCCC2CCCOc2ccc(-c3ccccn3)cc2)c1. The number of pyridine rings is 1. The molecule has 0 aliphatic carbocycles. The van der Waals surface area contributed by atoms with Crippen molar-refractivity contribution in [3.63, 3.8) is 0 Å². The summed E-state index contributed by atoms with van der Waals surface area (Å²) in [4.78, 5) is 7.15. The van der Waals surface area contributed by atoms with Crippen LogP contribution in [0.5, 0.6) is 5.75 Å². The second-order valence-electron chi connectivity index (χ2n) is 7.95. The van der Waals surface area contributed by atoms with E-state index in [0.717, 1.165) is 42.7 Å². The van der Waals surface area contributed by atoms with E-state index in [4.69, 9.17) is 10.00 Å². The van der Waals surface area contributed by atoms with E-state index in [1.165, 1.54) is 12.1 Å². The quantitative estimate of drug-likeness (QED) is 0.480. The molecule has 33 heavy (non-hydrogen) atoms. The average molecular weight is 463 g/mol. The van der Waals surface area contributed by atoms with Gasteiger partial charge in [0.15, 0.2) is 0 Å². The van der Waals surface area contributed by atoms with E-state index in [2.05, 4.69) is 9.82 Å². The number of sulfonamides is 1. The molecule has 170 valence electrons. The highest BCUT2D eigenvalue weighted by Gasteiger charge is 2.28. The maximum atomic E-state index is 12.8. The molecule has 1 N–H and O–H groups in total. The first-order valence-corrected chi connectivity index (χ1v) is 12.5. The molecular formula is C25H26N4O3S. The van der Waals surface area contributed by atoms with E-state index < -0.39 is 10.0 Å². The highest BCUT2D eigenvalue weighted by molar-refractivity contribution is 7.89. The third-order valence-corrected chi connectivity index (χ3v) is 7.00. The maximum Gasteiger partial charge on any atom is 0.253 e. The van der Waals surface area contributed by atoms with Crippen LogP contribution in [0.4, 0.5) is 0 Å². The van der Waals surface area contributed by atoms with Crippen LogP contribution in [0.25, 0.3) is 11.3 Å². The summed E-state index contributed by atoms with van der Waals surface area (Å²) in [7, 11) is -3.72. The summed E-state index contributed by atoms with van der Waals surface area (Å²) < 4.78 is 31.4. The molecule has 0 spiro atoms. The number of hydrogen-bond acceptors (Lipinski definition) is 6. The predicted molar refractivity (Wildman–Crippen MR) is 126 cm³/mol. The molecule has 3 aromatic rings. The van der Waals surface area contributed by atoms with Crippen LogP contribution < -0.4 is 9.57 Å². The standard InChI is InChI=1S/C25H26N4O3S/c26-19-20-6-3-9-24(18-20)33(30,31)28-29-16-4-7-22(29)8-5-17-32-23-13-11-21(12-14-23)25-10-1-2-15-27-25/h1-3,6,9-15,18,22,28H,4-5,7-8,16-17H2. The lowest BCUT2D eigenvalue weighted by Gasteiger charge is -2.25. The van der Waals surface area contributed by atoms with Crippen molar-refractivity contribution in [2.75, 3.05) is 13.2 Å². The zero-order valence-electron chi connectivity index (χ0n) is 18.2. The van der Waals surface area contributed by atoms with E-state index in [1.807, 2.05) is 48.5 Å². The van der Waals surface area contributed by atoms with Gasteiger partial charge in [0, 0.05) is 24.3 Å². The van der Waals surface area contributed by atoms with Crippen molar-refractivity contribution in [2.45, 2.75) is 36.6 Å². The van der Waals surface area contributed by atoms with Crippen molar-refractivity contribution in [2.24, 2.45) is 0 Å². The first-order chi connectivity index (χ1) is 16.0. The minimum Gasteiger partial charge on any atom is -0.494 e. The summed E-state index contributed by atoms with van der Waals surface area (Å²) in [6.07, 6.45) is 5.28. The molecule has 1 atom stereocenters. The molecule has 1 aromatic heterocycles. The average Bonchev–Trinajstić information content (AvgIpc) is 3.29. The number of aromatic nitrogens is 1. The number of hydrogen-bond donors (Lipinski definition) is 1. The molecule has 8 heteroatoms. The maximum absolute atomic E-state index is 12.8. The fraction of sp³-hybridized carbons (Fsp3) is 0.280. The molecule has 1 unspecified atom stereocenters. The normalized spacial score (nSPS) is 16.4. The summed E-state index contributed by atoms with van der Waals surface area (Å²) in [6.45, 7) is 1.22. The Balaban J connectivity index is 1.27. The van der Waals surface area contributed by atoms with Gasteiger partial charge in [-0.25, -0.2) is 13.4 Å². The van der Waals surface area contributed by atoms with Gasteiger partial charge in [0.2, 0.25) is 0 Å². The first kappa shape index (κ1) is 22.9. The van der Waals surface area contributed by atoms with Crippen molar-refractivity contribution >= 4 is 10.0 Å². The minimum absolute atomic E-state index is 0.102. The number of rotatable bonds is 9. The van der Waals surface area contributed by atoms with Gasteiger partial charge in [-0.1, -0.05) is 12.1 Å². The number of nitrogens with zero attached hydrogens (tertiary/aromatic N) is 3. The molecule has 2 aromatic carbocycles. The highest BCUT2D eigenvalue weighted by atomic mass is 32.2. The summed E-state index contributed by atoms with van der Waals surface area (Å²) in [6, 6.07) is 21.8. The van der Waals surface area contributed by atoms with Gasteiger partial charge in [-0.05, 0) is 80.3 Å². The van der Waals surface area contributed by atoms with E-state index in [1.54, 1.807) is 23.3 Å². The van der Waals surface area contributed by atoms with Gasteiger partial charge in [-0.3, -0.25) is 4.98 Å². The summed E-state index contributed by atoms with van der Waals surface area (Å²) in [5.74, 6) is 0.802. The molecule has 0 radical (unpaired) electrons. The molecule has 0 saturated carbocycles. The van der Waals surface area contributed by atoms with Crippen LogP contribution in [-0.4, -0.2) is 37.6 Å². The fourth-order valence-electron chi connectivity index (χ4n) is 3.96. The first-order valence-electron chi connectivity index (χ1n) is 11.0. The third kappa shape index (κ3) is 5.96. The van der Waals surface area contributed by atoms with Gasteiger partial charge in [0.1, 0.15) is 5.75 Å². The Hall–Kier alpha value is -3.25. The lowest BCUT2D eigenvalue weighted by molar-refractivity contribution is 0.197. The molecule has 4 rings (SSSR count). The molecule has 1 saturated heterocycles. The second-order valence-corrected chi connectivity index (χ2v) is 9.61. The van der Waals surface area contributed by atoms with Crippen LogP contribution >= 0.6 is 0 Å². The van der Waals surface area contributed by atoms with Gasteiger partial charge < -0.3 is 4.74 Å². The fourth-order valence-corrected chi connectivity index (χ4v) is 5.15. The van der Waals surface area contributed by atoms with Crippen LogP contribution in [0.2, 0.25) is 0 Å². The van der Waals surface area contributed by atoms with Crippen molar-refractivity contribution in [3.05, 3.63) is 78.5 Å². The zero-order chi connectivity index (χ0) is 23.1. The number of nitriles is 1. The molecule has 0 amide bonds. The van der Waals surface area contributed by atoms with Crippen molar-refractivity contribution in [1.29, 1.82) is 5.26 Å². The topological polar surface area (TPSA) is 95.3 Å². The van der Waals surface area contributed by atoms with Crippen molar-refractivity contribution < 1.29 is 13.2 Å². The largest absolute Gasteiger partial charge is 0.494 e. The van der Waals surface area contributed by atoms with Gasteiger partial charge in [0.05, 0.1) is 28.8 Å². The van der Waals surface area contributed by atoms with Crippen LogP contribution in [-0.2, 0) is 10.0 Å². The van der Waals surface area contributed by atoms with Gasteiger partial charge in [-0.2, -0.15) is 5.26 Å². The Labute approximate surface area is 194 Å². The van der Waals surface area contributed by atoms with Crippen molar-refractivity contribution in [3.8, 4) is 23.1 Å². The molecule has 1 fully saturated rings. The highest BCUT2D eigenvalue weighted by Crippen LogP contribution is 2.23. The van der Waals surface area contributed by atoms with Crippen molar-refractivity contribution in [1.82, 2.24) is 14.8 Å². The van der Waals surface area contributed by atoms with Crippen LogP contribution in [0.3, 0.4) is 0 Å². The molecular weight excluding hydrogens is 436 g/mol. The summed E-state index contributed by atoms with van der Waals surface area (Å²) >= 11 is 0. The number of hydrazine groups is 1. The summed E-state index contributed by atoms with van der Waals surface area (Å²) in [5, 5.41) is 10.8. The second kappa shape index (κ2) is 10.6. The lowest BCUT2D eigenvalue weighted by Crippen LogP contribution is -2.45.